The SMILES string of the molecule is CO[Si](C)(C)CCCCCCCCCCC(=O)OC1C(C)C(C)C(C)C(C)C1C. The van der Waals surface area contributed by atoms with Gasteiger partial charge in [0.2, 0.25) is 0 Å². The largest absolute Gasteiger partial charge is 0.462 e. The minimum absolute atomic E-state index is 0.0209. The molecule has 0 bridgehead atoms. The van der Waals surface area contributed by atoms with Gasteiger partial charge in [-0.3, -0.25) is 4.79 Å². The second-order valence-electron chi connectivity index (χ2n) is 10.5. The third-order valence-corrected chi connectivity index (χ3v) is 10.7. The van der Waals surface area contributed by atoms with E-state index in [0.717, 1.165) is 12.8 Å². The minimum Gasteiger partial charge on any atom is -0.462 e. The molecular formula is C25H50O3Si. The zero-order chi connectivity index (χ0) is 22.0. The highest BCUT2D eigenvalue weighted by Gasteiger charge is 2.43. The first-order valence-corrected chi connectivity index (χ1v) is 15.5. The highest BCUT2D eigenvalue weighted by atomic mass is 28.4. The first kappa shape index (κ1) is 26.7. The van der Waals surface area contributed by atoms with E-state index in [1.54, 1.807) is 0 Å². The summed E-state index contributed by atoms with van der Waals surface area (Å²) in [5, 5.41) is 0. The maximum atomic E-state index is 12.4. The lowest BCUT2D eigenvalue weighted by atomic mass is 9.63. The van der Waals surface area contributed by atoms with Gasteiger partial charge in [0.15, 0.2) is 8.32 Å². The Morgan fingerprint density at radius 2 is 1.10 bits per heavy atom. The number of unbranched alkanes of at least 4 members (excludes halogenated alkanes) is 7. The lowest BCUT2D eigenvalue weighted by Gasteiger charge is -2.46. The van der Waals surface area contributed by atoms with Crippen LogP contribution in [-0.2, 0) is 14.0 Å². The van der Waals surface area contributed by atoms with Crippen molar-refractivity contribution in [3.8, 4) is 0 Å². The van der Waals surface area contributed by atoms with Crippen molar-refractivity contribution in [2.45, 2.75) is 118 Å². The predicted octanol–water partition coefficient (Wildman–Crippen LogP) is 7.45. The van der Waals surface area contributed by atoms with E-state index in [2.05, 4.69) is 47.7 Å². The molecule has 3 nitrogen and oxygen atoms in total. The Kier molecular flexibility index (Phi) is 12.1. The zero-order valence-corrected chi connectivity index (χ0v) is 21.8. The molecule has 4 unspecified atom stereocenters. The van der Waals surface area contributed by atoms with Crippen molar-refractivity contribution in [1.82, 2.24) is 0 Å². The van der Waals surface area contributed by atoms with Gasteiger partial charge in [-0.2, -0.15) is 0 Å². The zero-order valence-electron chi connectivity index (χ0n) is 20.8. The van der Waals surface area contributed by atoms with Crippen LogP contribution in [0.15, 0.2) is 0 Å². The topological polar surface area (TPSA) is 35.5 Å². The molecule has 0 aliphatic heterocycles. The van der Waals surface area contributed by atoms with E-state index in [4.69, 9.17) is 9.16 Å². The normalized spacial score (nSPS) is 30.3. The fourth-order valence-corrected chi connectivity index (χ4v) is 6.23. The fourth-order valence-electron chi connectivity index (χ4n) is 4.92. The van der Waals surface area contributed by atoms with Crippen LogP contribution >= 0.6 is 0 Å². The number of carbonyl (C=O) groups is 1. The molecule has 0 amide bonds. The number of carbonyl (C=O) groups excluding carboxylic acids is 1. The van der Waals surface area contributed by atoms with Crippen LogP contribution in [0.2, 0.25) is 19.1 Å². The number of hydrogen-bond donors (Lipinski definition) is 0. The Morgan fingerprint density at radius 3 is 1.59 bits per heavy atom. The van der Waals surface area contributed by atoms with E-state index >= 15 is 0 Å². The van der Waals surface area contributed by atoms with Crippen molar-refractivity contribution in [3.63, 3.8) is 0 Å². The van der Waals surface area contributed by atoms with Crippen molar-refractivity contribution >= 4 is 14.3 Å². The molecule has 172 valence electrons. The molecule has 1 rings (SSSR count). The van der Waals surface area contributed by atoms with E-state index in [1.807, 2.05) is 7.11 Å². The van der Waals surface area contributed by atoms with E-state index in [-0.39, 0.29) is 12.1 Å². The molecule has 0 spiro atoms. The summed E-state index contributed by atoms with van der Waals surface area (Å²) in [6.45, 7) is 16.1. The Balaban J connectivity index is 2.10. The first-order chi connectivity index (χ1) is 13.6. The van der Waals surface area contributed by atoms with Gasteiger partial charge < -0.3 is 9.16 Å². The number of rotatable bonds is 13. The monoisotopic (exact) mass is 426 g/mol. The van der Waals surface area contributed by atoms with Crippen molar-refractivity contribution in [2.75, 3.05) is 7.11 Å². The molecule has 4 atom stereocenters. The molecule has 0 radical (unpaired) electrons. The molecule has 0 heterocycles. The Morgan fingerprint density at radius 1 is 0.690 bits per heavy atom. The van der Waals surface area contributed by atoms with Crippen LogP contribution in [0.4, 0.5) is 0 Å². The van der Waals surface area contributed by atoms with Crippen molar-refractivity contribution in [2.24, 2.45) is 29.6 Å². The molecule has 0 aromatic heterocycles. The van der Waals surface area contributed by atoms with Gasteiger partial charge in [-0.15, -0.1) is 0 Å². The van der Waals surface area contributed by atoms with E-state index < -0.39 is 8.32 Å². The average Bonchev–Trinajstić information content (AvgIpc) is 2.69. The second kappa shape index (κ2) is 13.1. The van der Waals surface area contributed by atoms with Crippen LogP contribution in [0.3, 0.4) is 0 Å². The third kappa shape index (κ3) is 9.12. The minimum atomic E-state index is -1.35. The van der Waals surface area contributed by atoms with Crippen molar-refractivity contribution < 1.29 is 14.0 Å². The second-order valence-corrected chi connectivity index (χ2v) is 15.0. The predicted molar refractivity (Wildman–Crippen MR) is 127 cm³/mol. The summed E-state index contributed by atoms with van der Waals surface area (Å²) in [6, 6.07) is 1.28. The van der Waals surface area contributed by atoms with Crippen LogP contribution in [0.1, 0.15) is 92.4 Å². The molecule has 1 aliphatic rings. The molecule has 4 heteroatoms. The molecule has 0 saturated heterocycles. The number of hydrogen-bond acceptors (Lipinski definition) is 3. The molecule has 29 heavy (non-hydrogen) atoms. The first-order valence-electron chi connectivity index (χ1n) is 12.4. The lowest BCUT2D eigenvalue weighted by molar-refractivity contribution is -0.164. The van der Waals surface area contributed by atoms with Crippen LogP contribution < -0.4 is 0 Å². The van der Waals surface area contributed by atoms with Crippen LogP contribution in [0.5, 0.6) is 0 Å². The standard InChI is InChI=1S/C25H50O3Si/c1-19-20(2)22(4)25(23(5)21(19)3)28-24(26)17-15-13-11-9-10-12-14-16-18-29(7,8)27-6/h19-23,25H,9-18H2,1-8H3. The molecular weight excluding hydrogens is 376 g/mol. The summed E-state index contributed by atoms with van der Waals surface area (Å²) < 4.78 is 11.6. The van der Waals surface area contributed by atoms with E-state index in [0.29, 0.717) is 36.0 Å². The van der Waals surface area contributed by atoms with Gasteiger partial charge in [-0.05, 0) is 55.1 Å². The third-order valence-electron chi connectivity index (χ3n) is 8.08. The van der Waals surface area contributed by atoms with Crippen molar-refractivity contribution in [3.05, 3.63) is 0 Å². The van der Waals surface area contributed by atoms with Crippen LogP contribution in [-0.4, -0.2) is 27.5 Å². The molecule has 1 fully saturated rings. The van der Waals surface area contributed by atoms with Gasteiger partial charge in [0.05, 0.1) is 0 Å². The van der Waals surface area contributed by atoms with Gasteiger partial charge in [-0.1, -0.05) is 79.6 Å². The van der Waals surface area contributed by atoms with Gasteiger partial charge >= 0.3 is 5.97 Å². The Hall–Kier alpha value is -0.353. The summed E-state index contributed by atoms with van der Waals surface area (Å²) in [5.74, 6) is 2.86. The molecule has 0 aromatic carbocycles. The summed E-state index contributed by atoms with van der Waals surface area (Å²) in [7, 11) is 0.507. The molecule has 0 aromatic rings. The molecule has 0 N–H and O–H groups in total. The maximum Gasteiger partial charge on any atom is 0.306 e. The van der Waals surface area contributed by atoms with Crippen LogP contribution in [0, 0.1) is 29.6 Å². The van der Waals surface area contributed by atoms with Gasteiger partial charge in [-0.25, -0.2) is 0 Å². The lowest BCUT2D eigenvalue weighted by Crippen LogP contribution is -2.46. The highest BCUT2D eigenvalue weighted by molar-refractivity contribution is 6.71. The van der Waals surface area contributed by atoms with Crippen LogP contribution in [0.25, 0.3) is 0 Å². The van der Waals surface area contributed by atoms with E-state index in [9.17, 15) is 4.79 Å². The van der Waals surface area contributed by atoms with Gasteiger partial charge in [0.1, 0.15) is 6.10 Å². The Labute approximate surface area is 182 Å². The quantitative estimate of drug-likeness (QED) is 0.174. The molecule has 1 aliphatic carbocycles. The average molecular weight is 427 g/mol. The van der Waals surface area contributed by atoms with Crippen molar-refractivity contribution in [1.29, 1.82) is 0 Å². The maximum absolute atomic E-state index is 12.4. The summed E-state index contributed by atoms with van der Waals surface area (Å²) >= 11 is 0. The van der Waals surface area contributed by atoms with Gasteiger partial charge in [0.25, 0.3) is 0 Å². The fraction of sp³-hybridized carbons (Fsp3) is 0.960. The number of ether oxygens (including phenoxy) is 1. The highest BCUT2D eigenvalue weighted by Crippen LogP contribution is 2.43. The summed E-state index contributed by atoms with van der Waals surface area (Å²) in [5.41, 5.74) is 0. The smallest absolute Gasteiger partial charge is 0.306 e. The van der Waals surface area contributed by atoms with Gasteiger partial charge in [0, 0.05) is 13.5 Å². The van der Waals surface area contributed by atoms with E-state index in [1.165, 1.54) is 44.6 Å². The Bertz CT molecular complexity index is 449. The summed E-state index contributed by atoms with van der Waals surface area (Å²) in [6.07, 6.45) is 10.7. The number of esters is 1. The summed E-state index contributed by atoms with van der Waals surface area (Å²) in [4.78, 5) is 12.4. The molecule has 1 saturated carbocycles.